The topological polar surface area (TPSA) is 46.9 Å². The Kier molecular flexibility index (Phi) is 3.91. The van der Waals surface area contributed by atoms with Crippen LogP contribution in [0.1, 0.15) is 49.7 Å². The Morgan fingerprint density at radius 3 is 2.33 bits per heavy atom. The van der Waals surface area contributed by atoms with Gasteiger partial charge in [-0.05, 0) is 87.3 Å². The SMILES string of the molecule is Cc1cccc(Nc2cnn(C34CC5CC(CC(C5)C3)C4)c(=O)c2Cl)c1C. The summed E-state index contributed by atoms with van der Waals surface area (Å²) in [6.45, 7) is 4.14. The average Bonchev–Trinajstić information content (AvgIpc) is 2.61. The van der Waals surface area contributed by atoms with Crippen LogP contribution in [-0.2, 0) is 5.54 Å². The Hall–Kier alpha value is -1.81. The van der Waals surface area contributed by atoms with E-state index in [-0.39, 0.29) is 16.1 Å². The second-order valence-electron chi connectivity index (χ2n) is 9.10. The zero-order valence-corrected chi connectivity index (χ0v) is 16.7. The van der Waals surface area contributed by atoms with Crippen molar-refractivity contribution in [2.75, 3.05) is 5.32 Å². The van der Waals surface area contributed by atoms with Gasteiger partial charge in [0.05, 0.1) is 17.4 Å². The van der Waals surface area contributed by atoms with E-state index in [4.69, 9.17) is 11.6 Å². The molecule has 6 rings (SSSR count). The van der Waals surface area contributed by atoms with E-state index >= 15 is 0 Å². The molecule has 4 fully saturated rings. The van der Waals surface area contributed by atoms with Crippen molar-refractivity contribution >= 4 is 23.0 Å². The van der Waals surface area contributed by atoms with E-state index in [2.05, 4.69) is 30.3 Å². The van der Waals surface area contributed by atoms with Crippen LogP contribution in [0, 0.1) is 31.6 Å². The molecule has 1 heterocycles. The van der Waals surface area contributed by atoms with Crippen LogP contribution in [0.15, 0.2) is 29.2 Å². The summed E-state index contributed by atoms with van der Waals surface area (Å²) < 4.78 is 1.74. The van der Waals surface area contributed by atoms with Crippen LogP contribution in [0.3, 0.4) is 0 Å². The monoisotopic (exact) mass is 383 g/mol. The average molecular weight is 384 g/mol. The summed E-state index contributed by atoms with van der Waals surface area (Å²) in [5.41, 5.74) is 3.66. The number of hydrogen-bond acceptors (Lipinski definition) is 3. The molecule has 0 atom stereocenters. The van der Waals surface area contributed by atoms with Crippen LogP contribution in [0.2, 0.25) is 5.02 Å². The maximum atomic E-state index is 13.2. The van der Waals surface area contributed by atoms with Crippen LogP contribution in [0.5, 0.6) is 0 Å². The molecular formula is C22H26ClN3O. The van der Waals surface area contributed by atoms with Crippen LogP contribution < -0.4 is 10.9 Å². The minimum absolute atomic E-state index is 0.104. The van der Waals surface area contributed by atoms with Gasteiger partial charge in [-0.3, -0.25) is 4.79 Å². The first kappa shape index (κ1) is 17.3. The van der Waals surface area contributed by atoms with Crippen molar-refractivity contribution in [1.29, 1.82) is 0 Å². The van der Waals surface area contributed by atoms with Gasteiger partial charge in [0.25, 0.3) is 5.56 Å². The first-order chi connectivity index (χ1) is 12.9. The molecule has 4 nitrogen and oxygen atoms in total. The largest absolute Gasteiger partial charge is 0.353 e. The van der Waals surface area contributed by atoms with E-state index in [1.54, 1.807) is 10.9 Å². The Balaban J connectivity index is 1.51. The van der Waals surface area contributed by atoms with E-state index in [9.17, 15) is 4.79 Å². The molecule has 1 aromatic carbocycles. The van der Waals surface area contributed by atoms with Gasteiger partial charge in [0.2, 0.25) is 0 Å². The molecule has 4 aliphatic rings. The lowest BCUT2D eigenvalue weighted by Crippen LogP contribution is -2.55. The number of nitrogens with zero attached hydrogens (tertiary/aromatic N) is 2. The van der Waals surface area contributed by atoms with Crippen molar-refractivity contribution < 1.29 is 0 Å². The number of benzene rings is 1. The van der Waals surface area contributed by atoms with Crippen molar-refractivity contribution in [1.82, 2.24) is 9.78 Å². The Bertz CT molecular complexity index is 929. The predicted molar refractivity (Wildman–Crippen MR) is 109 cm³/mol. The Morgan fingerprint density at radius 1 is 1.07 bits per heavy atom. The van der Waals surface area contributed by atoms with Gasteiger partial charge in [-0.25, -0.2) is 4.68 Å². The van der Waals surface area contributed by atoms with E-state index in [1.165, 1.54) is 24.8 Å². The summed E-state index contributed by atoms with van der Waals surface area (Å²) in [6.07, 6.45) is 9.03. The molecule has 2 aromatic rings. The number of aryl methyl sites for hydroxylation is 1. The van der Waals surface area contributed by atoms with Crippen molar-refractivity contribution in [3.63, 3.8) is 0 Å². The molecule has 0 aliphatic heterocycles. The molecule has 142 valence electrons. The number of hydrogen-bond donors (Lipinski definition) is 1. The van der Waals surface area contributed by atoms with Crippen molar-refractivity contribution in [2.45, 2.75) is 57.9 Å². The fraction of sp³-hybridized carbons (Fsp3) is 0.545. The molecule has 27 heavy (non-hydrogen) atoms. The van der Waals surface area contributed by atoms with Crippen LogP contribution >= 0.6 is 11.6 Å². The normalized spacial score (nSPS) is 31.3. The summed E-state index contributed by atoms with van der Waals surface area (Å²) in [4.78, 5) is 13.2. The van der Waals surface area contributed by atoms with Crippen molar-refractivity contribution in [3.8, 4) is 0 Å². The van der Waals surface area contributed by atoms with Gasteiger partial charge in [0.1, 0.15) is 5.02 Å². The quantitative estimate of drug-likeness (QED) is 0.794. The fourth-order valence-corrected chi connectivity index (χ4v) is 6.39. The van der Waals surface area contributed by atoms with Crippen LogP contribution in [-0.4, -0.2) is 9.78 Å². The minimum atomic E-state index is -0.145. The molecule has 0 radical (unpaired) electrons. The standard InChI is InChI=1S/C22H26ClN3O/c1-13-4-3-5-18(14(13)2)25-19-12-24-26(21(27)20(19)23)22-9-15-6-16(10-22)8-17(7-15)11-22/h3-5,12,15-17,25H,6-11H2,1-2H3. The molecular weight excluding hydrogens is 358 g/mol. The lowest BCUT2D eigenvalue weighted by molar-refractivity contribution is -0.0518. The highest BCUT2D eigenvalue weighted by molar-refractivity contribution is 6.33. The zero-order valence-electron chi connectivity index (χ0n) is 16.0. The van der Waals surface area contributed by atoms with Gasteiger partial charge in [0, 0.05) is 5.69 Å². The van der Waals surface area contributed by atoms with Gasteiger partial charge in [-0.15, -0.1) is 0 Å². The van der Waals surface area contributed by atoms with Crippen molar-refractivity contribution in [3.05, 3.63) is 50.9 Å². The molecule has 0 saturated heterocycles. The molecule has 5 heteroatoms. The third kappa shape index (κ3) is 2.72. The van der Waals surface area contributed by atoms with Gasteiger partial charge >= 0.3 is 0 Å². The third-order valence-corrected chi connectivity index (χ3v) is 7.61. The lowest BCUT2D eigenvalue weighted by atomic mass is 9.53. The number of rotatable bonds is 3. The lowest BCUT2D eigenvalue weighted by Gasteiger charge is -2.56. The number of anilines is 2. The number of nitrogens with one attached hydrogen (secondary N) is 1. The molecule has 1 aromatic heterocycles. The molecule has 0 spiro atoms. The first-order valence-corrected chi connectivity index (χ1v) is 10.4. The number of halogens is 1. The third-order valence-electron chi connectivity index (χ3n) is 7.25. The highest BCUT2D eigenvalue weighted by Crippen LogP contribution is 2.58. The van der Waals surface area contributed by atoms with Crippen molar-refractivity contribution in [2.24, 2.45) is 17.8 Å². The highest BCUT2D eigenvalue weighted by atomic mass is 35.5. The first-order valence-electron chi connectivity index (χ1n) is 10.1. The summed E-state index contributed by atoms with van der Waals surface area (Å²) in [6, 6.07) is 6.08. The molecule has 0 amide bonds. The number of aromatic nitrogens is 2. The van der Waals surface area contributed by atoms with Gasteiger partial charge in [-0.1, -0.05) is 23.7 Å². The second kappa shape index (κ2) is 6.10. The van der Waals surface area contributed by atoms with Crippen LogP contribution in [0.25, 0.3) is 0 Å². The second-order valence-corrected chi connectivity index (χ2v) is 9.48. The smallest absolute Gasteiger partial charge is 0.288 e. The Labute approximate surface area is 164 Å². The van der Waals surface area contributed by atoms with E-state index in [1.807, 2.05) is 12.1 Å². The minimum Gasteiger partial charge on any atom is -0.353 e. The molecule has 4 aliphatic carbocycles. The highest BCUT2D eigenvalue weighted by Gasteiger charge is 2.53. The molecule has 1 N–H and O–H groups in total. The molecule has 0 unspecified atom stereocenters. The van der Waals surface area contributed by atoms with E-state index in [0.717, 1.165) is 48.3 Å². The van der Waals surface area contributed by atoms with Crippen LogP contribution in [0.4, 0.5) is 11.4 Å². The maximum absolute atomic E-state index is 13.2. The summed E-state index contributed by atoms with van der Waals surface area (Å²) >= 11 is 6.54. The van der Waals surface area contributed by atoms with Gasteiger partial charge in [0.15, 0.2) is 0 Å². The maximum Gasteiger partial charge on any atom is 0.288 e. The van der Waals surface area contributed by atoms with E-state index < -0.39 is 0 Å². The zero-order chi connectivity index (χ0) is 18.8. The van der Waals surface area contributed by atoms with E-state index in [0.29, 0.717) is 5.69 Å². The predicted octanol–water partition coefficient (Wildman–Crippen LogP) is 5.18. The molecule has 4 bridgehead atoms. The molecule has 4 saturated carbocycles. The fourth-order valence-electron chi connectivity index (χ4n) is 6.21. The van der Waals surface area contributed by atoms with Gasteiger partial charge in [-0.2, -0.15) is 5.10 Å². The summed E-state index contributed by atoms with van der Waals surface area (Å²) in [5, 5.41) is 8.20. The summed E-state index contributed by atoms with van der Waals surface area (Å²) in [5.74, 6) is 2.28. The van der Waals surface area contributed by atoms with Gasteiger partial charge < -0.3 is 5.32 Å². The Morgan fingerprint density at radius 2 is 1.70 bits per heavy atom. The summed E-state index contributed by atoms with van der Waals surface area (Å²) in [7, 11) is 0.